The van der Waals surface area contributed by atoms with E-state index in [1.807, 2.05) is 31.2 Å². The Morgan fingerprint density at radius 1 is 1.21 bits per heavy atom. The molecule has 10 heteroatoms. The van der Waals surface area contributed by atoms with Crippen LogP contribution in [-0.4, -0.2) is 65.9 Å². The van der Waals surface area contributed by atoms with E-state index in [1.165, 1.54) is 23.9 Å². The van der Waals surface area contributed by atoms with Crippen LogP contribution in [0.4, 0.5) is 10.3 Å². The number of thioether (sulfide) groups is 1. The molecule has 0 aliphatic carbocycles. The predicted octanol–water partition coefficient (Wildman–Crippen LogP) is 3.09. The molecule has 2 heterocycles. The number of carbonyl (C=O) groups excluding carboxylic acids is 1. The molecule has 0 spiro atoms. The van der Waals surface area contributed by atoms with Crippen molar-refractivity contribution in [2.24, 2.45) is 0 Å². The maximum Gasteiger partial charge on any atom is 0.233 e. The van der Waals surface area contributed by atoms with Gasteiger partial charge in [-0.3, -0.25) is 9.36 Å². The van der Waals surface area contributed by atoms with Gasteiger partial charge in [-0.05, 0) is 49.2 Å². The van der Waals surface area contributed by atoms with Crippen LogP contribution in [0.15, 0.2) is 53.7 Å². The van der Waals surface area contributed by atoms with Crippen molar-refractivity contribution in [3.63, 3.8) is 0 Å². The maximum absolute atomic E-state index is 14.0. The first-order valence-electron chi connectivity index (χ1n) is 11.2. The quantitative estimate of drug-likeness (QED) is 0.467. The van der Waals surface area contributed by atoms with Gasteiger partial charge in [-0.25, -0.2) is 4.39 Å². The van der Waals surface area contributed by atoms with Gasteiger partial charge in [-0.15, -0.1) is 10.2 Å². The van der Waals surface area contributed by atoms with E-state index in [1.54, 1.807) is 23.8 Å². The summed E-state index contributed by atoms with van der Waals surface area (Å²) in [7, 11) is 1.63. The molecule has 0 radical (unpaired) electrons. The molecule has 0 saturated carbocycles. The molecular weight excluding hydrogens is 457 g/mol. The van der Waals surface area contributed by atoms with E-state index >= 15 is 0 Å². The van der Waals surface area contributed by atoms with Gasteiger partial charge in [0.25, 0.3) is 0 Å². The van der Waals surface area contributed by atoms with Crippen LogP contribution in [0.25, 0.3) is 5.69 Å². The van der Waals surface area contributed by atoms with Gasteiger partial charge in [0, 0.05) is 19.6 Å². The number of ether oxygens (including phenoxy) is 2. The number of hydrogen-bond donors (Lipinski definition) is 1. The van der Waals surface area contributed by atoms with Gasteiger partial charge in [0.1, 0.15) is 11.6 Å². The fourth-order valence-corrected chi connectivity index (χ4v) is 4.51. The second kappa shape index (κ2) is 11.3. The third kappa shape index (κ3) is 5.87. The minimum Gasteiger partial charge on any atom is -0.497 e. The summed E-state index contributed by atoms with van der Waals surface area (Å²) in [5.41, 5.74) is 1.73. The summed E-state index contributed by atoms with van der Waals surface area (Å²) in [6.07, 6.45) is 0.716. The average molecular weight is 486 g/mol. The largest absolute Gasteiger partial charge is 0.497 e. The van der Waals surface area contributed by atoms with Crippen LogP contribution in [0, 0.1) is 5.82 Å². The van der Waals surface area contributed by atoms with Crippen molar-refractivity contribution in [1.29, 1.82) is 0 Å². The molecule has 1 aliphatic heterocycles. The Hall–Kier alpha value is -3.11. The standard InChI is InChI=1S/C24H28FN5O3S/c1-17(22(31)26-11-10-18-6-8-21(32-2)9-7-18)34-24-28-27-23(29-12-14-33-15-13-29)30(24)20-5-3-4-19(25)16-20/h3-9,16-17H,10-15H2,1-2H3,(H,26,31)/t17-/m1/s1. The first-order valence-corrected chi connectivity index (χ1v) is 12.0. The number of morpholine rings is 1. The first-order chi connectivity index (χ1) is 16.5. The van der Waals surface area contributed by atoms with E-state index in [0.29, 0.717) is 56.1 Å². The van der Waals surface area contributed by atoms with E-state index in [4.69, 9.17) is 9.47 Å². The number of methoxy groups -OCH3 is 1. The smallest absolute Gasteiger partial charge is 0.233 e. The number of carbonyl (C=O) groups is 1. The van der Waals surface area contributed by atoms with Gasteiger partial charge in [-0.1, -0.05) is 30.0 Å². The van der Waals surface area contributed by atoms with Crippen LogP contribution >= 0.6 is 11.8 Å². The topological polar surface area (TPSA) is 81.5 Å². The fraction of sp³-hybridized carbons (Fsp3) is 0.375. The predicted molar refractivity (Wildman–Crippen MR) is 129 cm³/mol. The summed E-state index contributed by atoms with van der Waals surface area (Å²) in [6, 6.07) is 14.1. The van der Waals surface area contributed by atoms with E-state index in [-0.39, 0.29) is 11.7 Å². The highest BCUT2D eigenvalue weighted by Gasteiger charge is 2.25. The highest BCUT2D eigenvalue weighted by molar-refractivity contribution is 8.00. The SMILES string of the molecule is COc1ccc(CCNC(=O)[C@@H](C)Sc2nnc(N3CCOCC3)n2-c2cccc(F)c2)cc1. The van der Waals surface area contributed by atoms with Gasteiger partial charge in [0.2, 0.25) is 11.9 Å². The van der Waals surface area contributed by atoms with Crippen LogP contribution in [0.3, 0.4) is 0 Å². The Labute approximate surface area is 202 Å². The van der Waals surface area contributed by atoms with Crippen LogP contribution in [0.2, 0.25) is 0 Å². The highest BCUT2D eigenvalue weighted by Crippen LogP contribution is 2.30. The average Bonchev–Trinajstić information content (AvgIpc) is 3.28. The molecular formula is C24H28FN5O3S. The normalized spacial score (nSPS) is 14.6. The highest BCUT2D eigenvalue weighted by atomic mass is 32.2. The second-order valence-electron chi connectivity index (χ2n) is 7.85. The van der Waals surface area contributed by atoms with E-state index < -0.39 is 5.25 Å². The van der Waals surface area contributed by atoms with Crippen LogP contribution in [-0.2, 0) is 16.0 Å². The molecule has 1 N–H and O–H groups in total. The minimum absolute atomic E-state index is 0.0970. The van der Waals surface area contributed by atoms with Crippen LogP contribution in [0.5, 0.6) is 5.75 Å². The number of aromatic nitrogens is 3. The van der Waals surface area contributed by atoms with Gasteiger partial charge in [0.05, 0.1) is 31.3 Å². The van der Waals surface area contributed by atoms with Crippen molar-refractivity contribution in [1.82, 2.24) is 20.1 Å². The zero-order valence-corrected chi connectivity index (χ0v) is 20.1. The lowest BCUT2D eigenvalue weighted by atomic mass is 10.1. The Morgan fingerprint density at radius 3 is 2.68 bits per heavy atom. The van der Waals surface area contributed by atoms with E-state index in [9.17, 15) is 9.18 Å². The third-order valence-electron chi connectivity index (χ3n) is 5.50. The molecule has 8 nitrogen and oxygen atoms in total. The Bertz CT molecular complexity index is 1100. The molecule has 1 aromatic heterocycles. The van der Waals surface area contributed by atoms with Crippen LogP contribution in [0.1, 0.15) is 12.5 Å². The molecule has 4 rings (SSSR count). The summed E-state index contributed by atoms with van der Waals surface area (Å²) >= 11 is 1.30. The maximum atomic E-state index is 14.0. The number of nitrogens with zero attached hydrogens (tertiary/aromatic N) is 4. The van der Waals surface area contributed by atoms with Crippen molar-refractivity contribution in [3.05, 3.63) is 59.9 Å². The molecule has 34 heavy (non-hydrogen) atoms. The van der Waals surface area contributed by atoms with E-state index in [2.05, 4.69) is 20.4 Å². The van der Waals surface area contributed by atoms with Crippen molar-refractivity contribution >= 4 is 23.6 Å². The van der Waals surface area contributed by atoms with Gasteiger partial charge in [0.15, 0.2) is 5.16 Å². The number of halogens is 1. The summed E-state index contributed by atoms with van der Waals surface area (Å²) in [5.74, 6) is 0.972. The molecule has 1 atom stereocenters. The van der Waals surface area contributed by atoms with Gasteiger partial charge >= 0.3 is 0 Å². The first kappa shape index (κ1) is 24.0. The summed E-state index contributed by atoms with van der Waals surface area (Å²) in [4.78, 5) is 14.8. The second-order valence-corrected chi connectivity index (χ2v) is 9.15. The molecule has 0 unspecified atom stereocenters. The minimum atomic E-state index is -0.412. The van der Waals surface area contributed by atoms with Crippen molar-refractivity contribution in [2.75, 3.05) is 44.9 Å². The summed E-state index contributed by atoms with van der Waals surface area (Å²) in [6.45, 7) is 4.86. The zero-order chi connectivity index (χ0) is 23.9. The van der Waals surface area contributed by atoms with Crippen molar-refractivity contribution < 1.29 is 18.7 Å². The zero-order valence-electron chi connectivity index (χ0n) is 19.2. The molecule has 0 bridgehead atoms. The Morgan fingerprint density at radius 2 is 1.97 bits per heavy atom. The number of anilines is 1. The van der Waals surface area contributed by atoms with Crippen LogP contribution < -0.4 is 15.0 Å². The van der Waals surface area contributed by atoms with Crippen molar-refractivity contribution in [2.45, 2.75) is 23.8 Å². The fourth-order valence-electron chi connectivity index (χ4n) is 3.63. The van der Waals surface area contributed by atoms with Gasteiger partial charge in [-0.2, -0.15) is 0 Å². The molecule has 2 aromatic carbocycles. The number of hydrogen-bond acceptors (Lipinski definition) is 7. The molecule has 3 aromatic rings. The van der Waals surface area contributed by atoms with E-state index in [0.717, 1.165) is 11.3 Å². The molecule has 180 valence electrons. The number of benzene rings is 2. The Kier molecular flexibility index (Phi) is 8.02. The summed E-state index contributed by atoms with van der Waals surface area (Å²) < 4.78 is 26.4. The lowest BCUT2D eigenvalue weighted by Crippen LogP contribution is -2.38. The number of amides is 1. The molecule has 1 saturated heterocycles. The lowest BCUT2D eigenvalue weighted by Gasteiger charge is -2.28. The number of rotatable bonds is 9. The lowest BCUT2D eigenvalue weighted by molar-refractivity contribution is -0.120. The number of nitrogens with one attached hydrogen (secondary N) is 1. The van der Waals surface area contributed by atoms with Crippen molar-refractivity contribution in [3.8, 4) is 11.4 Å². The summed E-state index contributed by atoms with van der Waals surface area (Å²) in [5, 5.41) is 11.8. The molecule has 1 fully saturated rings. The Balaban J connectivity index is 1.44. The molecule has 1 amide bonds. The third-order valence-corrected chi connectivity index (χ3v) is 6.54. The molecule has 1 aliphatic rings. The monoisotopic (exact) mass is 485 g/mol. The van der Waals surface area contributed by atoms with Gasteiger partial charge < -0.3 is 19.7 Å².